The van der Waals surface area contributed by atoms with Crippen LogP contribution in [0.15, 0.2) is 71.2 Å². The van der Waals surface area contributed by atoms with E-state index in [0.717, 1.165) is 10.5 Å². The number of benzene rings is 3. The molecule has 0 saturated heterocycles. The number of rotatable bonds is 6. The number of hydrogen-bond donors (Lipinski definition) is 2. The van der Waals surface area contributed by atoms with E-state index in [-0.39, 0.29) is 38.7 Å². The number of fused-ring (bicyclic) bond motifs is 1. The molecule has 3 aromatic carbocycles. The standard InChI is InChI=1S/C26H17BrCl2F3N5O4/c27-14-2-4-17(5-3-14)41-18-9-15(8-16(10-18)37(39)40)33-25(38)22-12-24-34-21(13-1-6-19(28)20(29)7-13)11-23(26(30,31)32)36(24)35-22/h1-10,12,21,23,34H,11H2,(H,33,38). The highest BCUT2D eigenvalue weighted by Gasteiger charge is 2.47. The topological polar surface area (TPSA) is 111 Å². The molecule has 1 aliphatic heterocycles. The normalized spacial score (nSPS) is 16.4. The van der Waals surface area contributed by atoms with Gasteiger partial charge in [-0.05, 0) is 42.0 Å². The molecule has 0 saturated carbocycles. The predicted octanol–water partition coefficient (Wildman–Crippen LogP) is 8.57. The molecule has 0 fully saturated rings. The van der Waals surface area contributed by atoms with E-state index in [1.807, 2.05) is 0 Å². The number of amides is 1. The smallest absolute Gasteiger partial charge is 0.410 e. The van der Waals surface area contributed by atoms with Gasteiger partial charge in [-0.15, -0.1) is 0 Å². The van der Waals surface area contributed by atoms with Crippen molar-refractivity contribution in [3.63, 3.8) is 0 Å². The van der Waals surface area contributed by atoms with Crippen LogP contribution in [0.5, 0.6) is 11.5 Å². The second kappa shape index (κ2) is 11.2. The van der Waals surface area contributed by atoms with Gasteiger partial charge >= 0.3 is 6.18 Å². The number of aromatic nitrogens is 2. The number of nitro groups is 1. The van der Waals surface area contributed by atoms with Crippen molar-refractivity contribution in [1.29, 1.82) is 0 Å². The maximum absolute atomic E-state index is 14.1. The van der Waals surface area contributed by atoms with Crippen LogP contribution in [0.2, 0.25) is 10.0 Å². The van der Waals surface area contributed by atoms with Crippen molar-refractivity contribution in [3.05, 3.63) is 103 Å². The SMILES string of the molecule is O=C(Nc1cc(Oc2ccc(Br)cc2)cc([N+](=O)[O-])c1)c1cc2n(n1)C(C(F)(F)F)CC(c1ccc(Cl)c(Cl)c1)N2. The number of ether oxygens (including phenoxy) is 1. The van der Waals surface area contributed by atoms with Crippen LogP contribution in [0.4, 0.5) is 30.4 Å². The van der Waals surface area contributed by atoms with Crippen LogP contribution in [-0.2, 0) is 0 Å². The summed E-state index contributed by atoms with van der Waals surface area (Å²) in [5.41, 5.74) is -0.251. The quantitative estimate of drug-likeness (QED) is 0.157. The number of nitro benzene ring substituents is 1. The Bertz CT molecular complexity index is 1650. The van der Waals surface area contributed by atoms with Crippen molar-refractivity contribution < 1.29 is 27.6 Å². The number of halogens is 6. The molecule has 9 nitrogen and oxygen atoms in total. The van der Waals surface area contributed by atoms with E-state index in [1.165, 1.54) is 30.3 Å². The number of nitrogens with zero attached hydrogens (tertiary/aromatic N) is 3. The Morgan fingerprint density at radius 1 is 1.07 bits per heavy atom. The summed E-state index contributed by atoms with van der Waals surface area (Å²) in [5, 5.41) is 21.3. The van der Waals surface area contributed by atoms with Crippen molar-refractivity contribution in [2.45, 2.75) is 24.7 Å². The molecule has 2 N–H and O–H groups in total. The lowest BCUT2D eigenvalue weighted by Crippen LogP contribution is -2.35. The number of carbonyl (C=O) groups excluding carboxylic acids is 1. The van der Waals surface area contributed by atoms with Crippen LogP contribution in [0, 0.1) is 10.1 Å². The lowest BCUT2D eigenvalue weighted by Gasteiger charge is -2.33. The number of non-ortho nitro benzene ring substituents is 1. The molecule has 0 aliphatic carbocycles. The fourth-order valence-corrected chi connectivity index (χ4v) is 4.86. The average Bonchev–Trinajstić information content (AvgIpc) is 3.35. The summed E-state index contributed by atoms with van der Waals surface area (Å²) in [6, 6.07) is 13.2. The fraction of sp³-hybridized carbons (Fsp3) is 0.154. The minimum Gasteiger partial charge on any atom is -0.457 e. The number of alkyl halides is 3. The van der Waals surface area contributed by atoms with Crippen LogP contribution in [0.3, 0.4) is 0 Å². The molecule has 5 rings (SSSR count). The Kier molecular flexibility index (Phi) is 7.86. The molecule has 1 amide bonds. The molecule has 2 atom stereocenters. The molecule has 0 bridgehead atoms. The Morgan fingerprint density at radius 2 is 1.80 bits per heavy atom. The molecular weight excluding hydrogens is 654 g/mol. The van der Waals surface area contributed by atoms with Crippen LogP contribution < -0.4 is 15.4 Å². The Hall–Kier alpha value is -3.81. The number of carbonyl (C=O) groups is 1. The zero-order chi connectivity index (χ0) is 29.5. The van der Waals surface area contributed by atoms with E-state index in [0.29, 0.717) is 16.0 Å². The van der Waals surface area contributed by atoms with Crippen LogP contribution in [0.25, 0.3) is 0 Å². The van der Waals surface area contributed by atoms with Crippen molar-refractivity contribution in [1.82, 2.24) is 9.78 Å². The predicted molar refractivity (Wildman–Crippen MR) is 150 cm³/mol. The minimum atomic E-state index is -4.68. The van der Waals surface area contributed by atoms with Gasteiger partial charge in [0.2, 0.25) is 0 Å². The van der Waals surface area contributed by atoms with E-state index in [2.05, 4.69) is 31.7 Å². The minimum absolute atomic E-state index is 0.0173. The third-order valence-electron chi connectivity index (χ3n) is 6.18. The molecule has 41 heavy (non-hydrogen) atoms. The van der Waals surface area contributed by atoms with E-state index in [4.69, 9.17) is 27.9 Å². The van der Waals surface area contributed by atoms with Gasteiger partial charge in [0.15, 0.2) is 11.7 Å². The van der Waals surface area contributed by atoms with Gasteiger partial charge in [0, 0.05) is 29.1 Å². The number of anilines is 2. The first-order valence-electron chi connectivity index (χ1n) is 11.8. The summed E-state index contributed by atoms with van der Waals surface area (Å²) in [7, 11) is 0. The van der Waals surface area contributed by atoms with E-state index < -0.39 is 35.5 Å². The van der Waals surface area contributed by atoms with Crippen molar-refractivity contribution in [2.75, 3.05) is 10.6 Å². The summed E-state index contributed by atoms with van der Waals surface area (Å²) >= 11 is 15.3. The molecule has 1 aliphatic rings. The Labute approximate surface area is 248 Å². The van der Waals surface area contributed by atoms with E-state index >= 15 is 0 Å². The van der Waals surface area contributed by atoms with Crippen molar-refractivity contribution in [3.8, 4) is 11.5 Å². The Balaban J connectivity index is 1.42. The molecule has 212 valence electrons. The van der Waals surface area contributed by atoms with Gasteiger partial charge in [0.25, 0.3) is 11.6 Å². The van der Waals surface area contributed by atoms with Crippen molar-refractivity contribution >= 4 is 62.2 Å². The lowest BCUT2D eigenvalue weighted by atomic mass is 9.97. The fourth-order valence-electron chi connectivity index (χ4n) is 4.29. The van der Waals surface area contributed by atoms with Crippen LogP contribution in [-0.4, -0.2) is 26.8 Å². The number of nitrogens with one attached hydrogen (secondary N) is 2. The molecule has 0 radical (unpaired) electrons. The molecular formula is C26H17BrCl2F3N5O4. The monoisotopic (exact) mass is 669 g/mol. The van der Waals surface area contributed by atoms with E-state index in [1.54, 1.807) is 30.3 Å². The summed E-state index contributed by atoms with van der Waals surface area (Å²) in [4.78, 5) is 23.9. The number of hydrogen-bond acceptors (Lipinski definition) is 6. The summed E-state index contributed by atoms with van der Waals surface area (Å²) in [6.07, 6.45) is -5.09. The first-order chi connectivity index (χ1) is 19.4. The van der Waals surface area contributed by atoms with Gasteiger partial charge < -0.3 is 15.4 Å². The highest BCUT2D eigenvalue weighted by Crippen LogP contribution is 2.44. The Morgan fingerprint density at radius 3 is 2.46 bits per heavy atom. The summed E-state index contributed by atoms with van der Waals surface area (Å²) < 4.78 is 49.4. The van der Waals surface area contributed by atoms with Gasteiger partial charge in [-0.1, -0.05) is 45.2 Å². The average molecular weight is 671 g/mol. The van der Waals surface area contributed by atoms with Crippen LogP contribution in [0.1, 0.15) is 34.6 Å². The van der Waals surface area contributed by atoms with E-state index in [9.17, 15) is 28.1 Å². The zero-order valence-corrected chi connectivity index (χ0v) is 23.6. The highest BCUT2D eigenvalue weighted by molar-refractivity contribution is 9.10. The van der Waals surface area contributed by atoms with Crippen molar-refractivity contribution in [2.24, 2.45) is 0 Å². The first-order valence-corrected chi connectivity index (χ1v) is 13.3. The second-order valence-electron chi connectivity index (χ2n) is 9.01. The van der Waals surface area contributed by atoms with Gasteiger partial charge in [0.05, 0.1) is 32.8 Å². The first kappa shape index (κ1) is 28.7. The van der Waals surface area contributed by atoms with Gasteiger partial charge in [-0.3, -0.25) is 14.9 Å². The third-order valence-corrected chi connectivity index (χ3v) is 7.45. The van der Waals surface area contributed by atoms with Crippen LogP contribution >= 0.6 is 39.1 Å². The van der Waals surface area contributed by atoms with Gasteiger partial charge in [-0.2, -0.15) is 18.3 Å². The molecule has 2 unspecified atom stereocenters. The molecule has 2 heterocycles. The second-order valence-corrected chi connectivity index (χ2v) is 10.7. The molecule has 1 aromatic heterocycles. The van der Waals surface area contributed by atoms with Gasteiger partial charge in [-0.25, -0.2) is 4.68 Å². The lowest BCUT2D eigenvalue weighted by molar-refractivity contribution is -0.384. The summed E-state index contributed by atoms with van der Waals surface area (Å²) in [6.45, 7) is 0. The maximum atomic E-state index is 14.1. The molecule has 15 heteroatoms. The third kappa shape index (κ3) is 6.42. The summed E-state index contributed by atoms with van der Waals surface area (Å²) in [5.74, 6) is -0.480. The highest BCUT2D eigenvalue weighted by atomic mass is 79.9. The maximum Gasteiger partial charge on any atom is 0.410 e. The molecule has 0 spiro atoms. The molecule has 4 aromatic rings. The van der Waals surface area contributed by atoms with Gasteiger partial charge in [0.1, 0.15) is 17.3 Å². The largest absolute Gasteiger partial charge is 0.457 e. The zero-order valence-electron chi connectivity index (χ0n) is 20.5.